The second kappa shape index (κ2) is 11.5. The predicted molar refractivity (Wildman–Crippen MR) is 144 cm³/mol. The van der Waals surface area contributed by atoms with Crippen LogP contribution in [0.2, 0.25) is 0 Å². The highest BCUT2D eigenvalue weighted by atomic mass is 16.5. The summed E-state index contributed by atoms with van der Waals surface area (Å²) >= 11 is 0. The lowest BCUT2D eigenvalue weighted by molar-refractivity contribution is -0.122. The monoisotopic (exact) mass is 510 g/mol. The van der Waals surface area contributed by atoms with Gasteiger partial charge < -0.3 is 4.74 Å². The molecule has 1 unspecified atom stereocenters. The van der Waals surface area contributed by atoms with Gasteiger partial charge in [-0.25, -0.2) is 9.69 Å². The summed E-state index contributed by atoms with van der Waals surface area (Å²) in [5.41, 5.74) is 3.17. The van der Waals surface area contributed by atoms with E-state index in [0.29, 0.717) is 11.3 Å². The fraction of sp³-hybridized carbons (Fsp3) is 0.290. The van der Waals surface area contributed by atoms with Crippen LogP contribution in [-0.4, -0.2) is 54.2 Å². The molecule has 2 amide bonds. The lowest BCUT2D eigenvalue weighted by Crippen LogP contribution is -2.42. The molecule has 0 saturated carbocycles. The summed E-state index contributed by atoms with van der Waals surface area (Å²) in [5.74, 6) is -1.39. The molecule has 3 aromatic rings. The van der Waals surface area contributed by atoms with Crippen LogP contribution in [0, 0.1) is 0 Å². The minimum atomic E-state index is -0.646. The molecular formula is C31H30N2O5. The summed E-state index contributed by atoms with van der Waals surface area (Å²) in [6.07, 6.45) is 4.56. The maximum atomic E-state index is 13.1. The number of Topliss-reactive ketones (excluding diaryl/α,β-unsaturated/α-hetero) is 1. The van der Waals surface area contributed by atoms with E-state index in [2.05, 4.69) is 4.90 Å². The van der Waals surface area contributed by atoms with Crippen molar-refractivity contribution >= 4 is 29.3 Å². The number of hydrogen-bond donors (Lipinski definition) is 0. The van der Waals surface area contributed by atoms with E-state index in [0.717, 1.165) is 49.9 Å². The Hall–Kier alpha value is -4.10. The maximum absolute atomic E-state index is 13.1. The lowest BCUT2D eigenvalue weighted by Gasteiger charge is -2.25. The number of esters is 1. The Bertz CT molecular complexity index is 1310. The number of benzene rings is 3. The Kier molecular flexibility index (Phi) is 7.75. The summed E-state index contributed by atoms with van der Waals surface area (Å²) in [7, 11) is 0. The van der Waals surface area contributed by atoms with Gasteiger partial charge >= 0.3 is 5.97 Å². The van der Waals surface area contributed by atoms with Gasteiger partial charge in [0.05, 0.1) is 23.7 Å². The highest BCUT2D eigenvalue weighted by Crippen LogP contribution is 2.27. The van der Waals surface area contributed by atoms with Gasteiger partial charge in [0.25, 0.3) is 5.91 Å². The number of carbonyl (C=O) groups is 4. The number of imide groups is 1. The van der Waals surface area contributed by atoms with Crippen molar-refractivity contribution in [1.82, 2.24) is 4.90 Å². The standard InChI is InChI=1S/C31H30N2O5/c34-28(24-12-10-23(11-13-24)22-8-4-3-5-9-22)21-38-31(37)25-14-16-26(17-15-25)33-29(35)20-27(30(33)36)32-18-6-1-2-7-19-32/h3-5,8-17,27H,1-2,6-7,18-21H2. The highest BCUT2D eigenvalue weighted by molar-refractivity contribution is 6.22. The van der Waals surface area contributed by atoms with Gasteiger partial charge in [0.15, 0.2) is 12.4 Å². The highest BCUT2D eigenvalue weighted by Gasteiger charge is 2.42. The second-order valence-corrected chi connectivity index (χ2v) is 9.73. The fourth-order valence-corrected chi connectivity index (χ4v) is 5.10. The van der Waals surface area contributed by atoms with E-state index in [1.165, 1.54) is 17.0 Å². The summed E-state index contributed by atoms with van der Waals surface area (Å²) < 4.78 is 5.23. The number of rotatable bonds is 7. The third-order valence-electron chi connectivity index (χ3n) is 7.21. The van der Waals surface area contributed by atoms with Crippen molar-refractivity contribution in [2.24, 2.45) is 0 Å². The summed E-state index contributed by atoms with van der Waals surface area (Å²) in [6.45, 7) is 1.28. The first-order valence-electron chi connectivity index (χ1n) is 13.1. The van der Waals surface area contributed by atoms with E-state index in [1.807, 2.05) is 42.5 Å². The third-order valence-corrected chi connectivity index (χ3v) is 7.21. The first kappa shape index (κ1) is 25.5. The number of anilines is 1. The van der Waals surface area contributed by atoms with Gasteiger partial charge in [-0.15, -0.1) is 0 Å². The van der Waals surface area contributed by atoms with Crippen LogP contribution in [0.5, 0.6) is 0 Å². The summed E-state index contributed by atoms with van der Waals surface area (Å²) in [5, 5.41) is 0. The van der Waals surface area contributed by atoms with Crippen molar-refractivity contribution in [3.63, 3.8) is 0 Å². The molecule has 7 nitrogen and oxygen atoms in total. The van der Waals surface area contributed by atoms with Crippen LogP contribution >= 0.6 is 0 Å². The van der Waals surface area contributed by atoms with Crippen LogP contribution in [0.15, 0.2) is 78.9 Å². The zero-order valence-corrected chi connectivity index (χ0v) is 21.2. The van der Waals surface area contributed by atoms with E-state index >= 15 is 0 Å². The zero-order valence-electron chi connectivity index (χ0n) is 21.2. The van der Waals surface area contributed by atoms with Crippen LogP contribution in [-0.2, 0) is 14.3 Å². The smallest absolute Gasteiger partial charge is 0.338 e. The molecular weight excluding hydrogens is 480 g/mol. The van der Waals surface area contributed by atoms with E-state index in [-0.39, 0.29) is 36.2 Å². The first-order chi connectivity index (χ1) is 18.5. The van der Waals surface area contributed by atoms with Gasteiger partial charge in [-0.1, -0.05) is 67.4 Å². The van der Waals surface area contributed by atoms with Crippen molar-refractivity contribution in [2.75, 3.05) is 24.6 Å². The molecule has 0 spiro atoms. The Labute approximate surface area is 222 Å². The molecule has 5 rings (SSSR count). The maximum Gasteiger partial charge on any atom is 0.338 e. The SMILES string of the molecule is O=C(COC(=O)c1ccc(N2C(=O)CC(N3CCCCCC3)C2=O)cc1)c1ccc(-c2ccccc2)cc1. The first-order valence-corrected chi connectivity index (χ1v) is 13.1. The van der Waals surface area contributed by atoms with E-state index < -0.39 is 12.0 Å². The van der Waals surface area contributed by atoms with Crippen molar-refractivity contribution in [2.45, 2.75) is 38.1 Å². The van der Waals surface area contributed by atoms with Crippen LogP contribution in [0.4, 0.5) is 5.69 Å². The fourth-order valence-electron chi connectivity index (χ4n) is 5.10. The average molecular weight is 511 g/mol. The Morgan fingerprint density at radius 3 is 2.00 bits per heavy atom. The normalized spacial score (nSPS) is 18.3. The topological polar surface area (TPSA) is 84.0 Å². The van der Waals surface area contributed by atoms with Gasteiger partial charge in [-0.3, -0.25) is 19.3 Å². The number of ether oxygens (including phenoxy) is 1. The van der Waals surface area contributed by atoms with E-state index in [1.54, 1.807) is 24.3 Å². The molecule has 194 valence electrons. The minimum absolute atomic E-state index is 0.178. The molecule has 2 heterocycles. The Morgan fingerprint density at radius 2 is 1.34 bits per heavy atom. The van der Waals surface area contributed by atoms with Gasteiger partial charge in [-0.2, -0.15) is 0 Å². The number of nitrogens with zero attached hydrogens (tertiary/aromatic N) is 2. The molecule has 7 heteroatoms. The van der Waals surface area contributed by atoms with Crippen LogP contribution in [0.25, 0.3) is 11.1 Å². The molecule has 2 fully saturated rings. The van der Waals surface area contributed by atoms with Crippen molar-refractivity contribution < 1.29 is 23.9 Å². The predicted octanol–water partition coefficient (Wildman–Crippen LogP) is 4.90. The summed E-state index contributed by atoms with van der Waals surface area (Å²) in [4.78, 5) is 54.2. The van der Waals surface area contributed by atoms with Gasteiger partial charge in [0, 0.05) is 5.56 Å². The number of likely N-dealkylation sites (tertiary alicyclic amines) is 1. The molecule has 0 aliphatic carbocycles. The van der Waals surface area contributed by atoms with Crippen LogP contribution in [0.3, 0.4) is 0 Å². The van der Waals surface area contributed by atoms with Gasteiger partial charge in [-0.05, 0) is 61.3 Å². The van der Waals surface area contributed by atoms with Crippen molar-refractivity contribution in [3.8, 4) is 11.1 Å². The van der Waals surface area contributed by atoms with Crippen LogP contribution in [0.1, 0.15) is 52.8 Å². The van der Waals surface area contributed by atoms with Gasteiger partial charge in [0.2, 0.25) is 5.91 Å². The van der Waals surface area contributed by atoms with Crippen molar-refractivity contribution in [1.29, 1.82) is 0 Å². The largest absolute Gasteiger partial charge is 0.454 e. The number of ketones is 1. The van der Waals surface area contributed by atoms with Crippen LogP contribution < -0.4 is 4.90 Å². The van der Waals surface area contributed by atoms with Gasteiger partial charge in [0.1, 0.15) is 0 Å². The molecule has 0 bridgehead atoms. The molecule has 38 heavy (non-hydrogen) atoms. The number of carbonyl (C=O) groups excluding carboxylic acids is 4. The second-order valence-electron chi connectivity index (χ2n) is 9.73. The van der Waals surface area contributed by atoms with E-state index in [4.69, 9.17) is 4.74 Å². The van der Waals surface area contributed by atoms with E-state index in [9.17, 15) is 19.2 Å². The average Bonchev–Trinajstić information content (AvgIpc) is 3.11. The minimum Gasteiger partial charge on any atom is -0.454 e. The molecule has 0 aromatic heterocycles. The number of hydrogen-bond acceptors (Lipinski definition) is 6. The molecule has 1 atom stereocenters. The lowest BCUT2D eigenvalue weighted by atomic mass is 10.0. The molecule has 2 aliphatic heterocycles. The number of amides is 2. The quantitative estimate of drug-likeness (QED) is 0.255. The molecule has 0 N–H and O–H groups in total. The Morgan fingerprint density at radius 1 is 0.737 bits per heavy atom. The molecule has 2 aliphatic rings. The molecule has 3 aromatic carbocycles. The zero-order chi connectivity index (χ0) is 26.5. The Balaban J connectivity index is 1.17. The summed E-state index contributed by atoms with van der Waals surface area (Å²) in [6, 6.07) is 22.7. The molecule has 2 saturated heterocycles. The third kappa shape index (κ3) is 5.58. The van der Waals surface area contributed by atoms with Crippen molar-refractivity contribution in [3.05, 3.63) is 90.0 Å². The molecule has 0 radical (unpaired) electrons.